The summed E-state index contributed by atoms with van der Waals surface area (Å²) in [5.74, 6) is -0.447. The van der Waals surface area contributed by atoms with Crippen LogP contribution in [0.1, 0.15) is 39.7 Å². The number of aryl methyl sites for hydroxylation is 2. The smallest absolute Gasteiger partial charge is 0.296 e. The molecular weight excluding hydrogens is 423 g/mol. The van der Waals surface area contributed by atoms with Gasteiger partial charge in [-0.3, -0.25) is 14.6 Å². The number of halogens is 1. The van der Waals surface area contributed by atoms with E-state index in [0.717, 1.165) is 29.1 Å². The lowest BCUT2D eigenvalue weighted by atomic mass is 9.75. The van der Waals surface area contributed by atoms with Crippen molar-refractivity contribution >= 4 is 17.4 Å². The Morgan fingerprint density at radius 2 is 1.88 bits per heavy atom. The van der Waals surface area contributed by atoms with Crippen LogP contribution in [0.3, 0.4) is 0 Å². The van der Waals surface area contributed by atoms with Gasteiger partial charge in [-0.25, -0.2) is 14.4 Å². The number of Topliss-reactive ketones (excluding diaryl/α,β-unsaturated/α-hetero) is 1. The van der Waals surface area contributed by atoms with E-state index in [1.807, 2.05) is 19.1 Å². The van der Waals surface area contributed by atoms with E-state index in [9.17, 15) is 14.0 Å². The van der Waals surface area contributed by atoms with Crippen LogP contribution in [0.25, 0.3) is 0 Å². The van der Waals surface area contributed by atoms with E-state index < -0.39 is 5.41 Å². The number of ketones is 1. The molecule has 0 aliphatic carbocycles. The van der Waals surface area contributed by atoms with Crippen molar-refractivity contribution in [3.8, 4) is 0 Å². The molecule has 7 nitrogen and oxygen atoms in total. The number of hydrogen-bond acceptors (Lipinski definition) is 6. The van der Waals surface area contributed by atoms with Crippen molar-refractivity contribution in [3.05, 3.63) is 82.9 Å². The molecule has 5 rings (SSSR count). The Kier molecular flexibility index (Phi) is 5.46. The molecule has 3 aromatic rings. The van der Waals surface area contributed by atoms with E-state index in [1.54, 1.807) is 29.3 Å². The van der Waals surface area contributed by atoms with Crippen LogP contribution in [0.15, 0.2) is 48.7 Å². The lowest BCUT2D eigenvalue weighted by Crippen LogP contribution is -2.54. The first-order chi connectivity index (χ1) is 16.0. The molecule has 0 unspecified atom stereocenters. The average Bonchev–Trinajstić information content (AvgIpc) is 2.79. The van der Waals surface area contributed by atoms with Crippen LogP contribution in [0.5, 0.6) is 0 Å². The molecule has 2 aliphatic heterocycles. The van der Waals surface area contributed by atoms with Crippen LogP contribution in [0.4, 0.5) is 10.1 Å². The molecular formula is C25H23FN4O3. The third-order valence-corrected chi connectivity index (χ3v) is 6.27. The van der Waals surface area contributed by atoms with Gasteiger partial charge in [0.2, 0.25) is 5.82 Å². The molecule has 1 fully saturated rings. The van der Waals surface area contributed by atoms with Crippen LogP contribution in [0.2, 0.25) is 0 Å². The molecule has 1 amide bonds. The highest BCUT2D eigenvalue weighted by molar-refractivity contribution is 6.04. The number of amides is 1. The molecule has 4 heterocycles. The van der Waals surface area contributed by atoms with Crippen molar-refractivity contribution in [2.24, 2.45) is 0 Å². The minimum Gasteiger partial charge on any atom is -0.378 e. The number of hydrogen-bond donors (Lipinski definition) is 0. The zero-order chi connectivity index (χ0) is 23.0. The van der Waals surface area contributed by atoms with Crippen molar-refractivity contribution in [2.45, 2.75) is 31.6 Å². The Bertz CT molecular complexity index is 1220. The van der Waals surface area contributed by atoms with E-state index in [-0.39, 0.29) is 43.0 Å². The van der Waals surface area contributed by atoms with E-state index >= 15 is 0 Å². The number of nitrogens with zero attached hydrogens (tertiary/aromatic N) is 4. The number of fused-ring (bicyclic) bond motifs is 1. The summed E-state index contributed by atoms with van der Waals surface area (Å²) in [7, 11) is 0. The summed E-state index contributed by atoms with van der Waals surface area (Å²) in [4.78, 5) is 41.2. The maximum atomic E-state index is 13.3. The van der Waals surface area contributed by atoms with Gasteiger partial charge in [0.25, 0.3) is 5.91 Å². The van der Waals surface area contributed by atoms with E-state index in [4.69, 9.17) is 9.72 Å². The molecule has 0 N–H and O–H groups in total. The third kappa shape index (κ3) is 3.91. The number of benzene rings is 1. The van der Waals surface area contributed by atoms with Gasteiger partial charge in [-0.15, -0.1) is 0 Å². The molecule has 2 aliphatic rings. The summed E-state index contributed by atoms with van der Waals surface area (Å²) in [6.45, 7) is 2.90. The predicted molar refractivity (Wildman–Crippen MR) is 119 cm³/mol. The summed E-state index contributed by atoms with van der Waals surface area (Å²) in [5.41, 5.74) is 2.81. The van der Waals surface area contributed by atoms with Crippen LogP contribution < -0.4 is 4.90 Å². The van der Waals surface area contributed by atoms with Crippen molar-refractivity contribution in [1.29, 1.82) is 0 Å². The monoisotopic (exact) mass is 446 g/mol. The second-order valence-corrected chi connectivity index (χ2v) is 8.55. The number of ether oxygens (including phenoxy) is 1. The van der Waals surface area contributed by atoms with Gasteiger partial charge in [-0.05, 0) is 55.7 Å². The van der Waals surface area contributed by atoms with Crippen LogP contribution >= 0.6 is 0 Å². The third-order valence-electron chi connectivity index (χ3n) is 6.27. The Morgan fingerprint density at radius 1 is 1.09 bits per heavy atom. The van der Waals surface area contributed by atoms with Crippen molar-refractivity contribution in [2.75, 3.05) is 24.7 Å². The summed E-state index contributed by atoms with van der Waals surface area (Å²) in [5, 5.41) is 0. The Labute approximate surface area is 190 Å². The molecule has 1 aromatic carbocycles. The Hall–Kier alpha value is -3.52. The number of carbonyl (C=O) groups excluding carboxylic acids is 2. The molecule has 0 bridgehead atoms. The van der Waals surface area contributed by atoms with Crippen molar-refractivity contribution in [1.82, 2.24) is 15.0 Å². The number of carbonyl (C=O) groups is 2. The fraction of sp³-hybridized carbons (Fsp3) is 0.320. The zero-order valence-corrected chi connectivity index (χ0v) is 18.3. The molecule has 0 atom stereocenters. The number of pyridine rings is 1. The zero-order valence-electron chi connectivity index (χ0n) is 18.3. The SMILES string of the molecule is Cc1ccnc(C(=O)N2CCCc3nc(C4(C(=O)Cc5ccc(F)cc5)COC4)ccc32)n1. The molecule has 33 heavy (non-hydrogen) atoms. The lowest BCUT2D eigenvalue weighted by molar-refractivity contribution is -0.142. The van der Waals surface area contributed by atoms with Crippen LogP contribution in [0, 0.1) is 12.7 Å². The highest BCUT2D eigenvalue weighted by Gasteiger charge is 2.48. The van der Waals surface area contributed by atoms with Gasteiger partial charge < -0.3 is 9.64 Å². The minimum atomic E-state index is -0.824. The molecule has 168 valence electrons. The van der Waals surface area contributed by atoms with Crippen LogP contribution in [-0.2, 0) is 27.8 Å². The molecule has 0 radical (unpaired) electrons. The lowest BCUT2D eigenvalue weighted by Gasteiger charge is -2.40. The maximum Gasteiger partial charge on any atom is 0.296 e. The topological polar surface area (TPSA) is 85.3 Å². The summed E-state index contributed by atoms with van der Waals surface area (Å²) in [6.07, 6.45) is 3.23. The fourth-order valence-electron chi connectivity index (χ4n) is 4.31. The second kappa shape index (κ2) is 8.44. The highest BCUT2D eigenvalue weighted by Crippen LogP contribution is 2.36. The molecule has 0 saturated carbocycles. The standard InChI is InChI=1S/C25H23FN4O3/c1-16-10-11-27-23(28-16)24(32)30-12-2-3-19-20(30)8-9-21(29-19)25(14-33-15-25)22(31)13-17-4-6-18(26)7-5-17/h4-11H,2-3,12-15H2,1H3. The van der Waals surface area contributed by atoms with Gasteiger partial charge in [0.15, 0.2) is 5.78 Å². The van der Waals surface area contributed by atoms with Gasteiger partial charge in [0, 0.05) is 24.9 Å². The summed E-state index contributed by atoms with van der Waals surface area (Å²) in [6, 6.07) is 11.4. The minimum absolute atomic E-state index is 0.00953. The summed E-state index contributed by atoms with van der Waals surface area (Å²) >= 11 is 0. The molecule has 8 heteroatoms. The van der Waals surface area contributed by atoms with Crippen LogP contribution in [-0.4, -0.2) is 46.4 Å². The number of anilines is 1. The van der Waals surface area contributed by atoms with E-state index in [0.29, 0.717) is 18.7 Å². The normalized spacial score (nSPS) is 16.6. The quantitative estimate of drug-likeness (QED) is 0.599. The van der Waals surface area contributed by atoms with Crippen molar-refractivity contribution < 1.29 is 18.7 Å². The number of rotatable bonds is 5. The van der Waals surface area contributed by atoms with Gasteiger partial charge in [0.05, 0.1) is 30.3 Å². The Morgan fingerprint density at radius 3 is 2.58 bits per heavy atom. The number of aromatic nitrogens is 3. The summed E-state index contributed by atoms with van der Waals surface area (Å²) < 4.78 is 18.7. The molecule has 1 saturated heterocycles. The fourth-order valence-corrected chi connectivity index (χ4v) is 4.31. The Balaban J connectivity index is 1.43. The second-order valence-electron chi connectivity index (χ2n) is 8.55. The first-order valence-corrected chi connectivity index (χ1v) is 10.9. The van der Waals surface area contributed by atoms with Crippen molar-refractivity contribution in [3.63, 3.8) is 0 Å². The van der Waals surface area contributed by atoms with E-state index in [1.165, 1.54) is 12.1 Å². The molecule has 0 spiro atoms. The van der Waals surface area contributed by atoms with Gasteiger partial charge in [-0.1, -0.05) is 12.1 Å². The van der Waals surface area contributed by atoms with Gasteiger partial charge in [0.1, 0.15) is 11.2 Å². The largest absolute Gasteiger partial charge is 0.378 e. The molecule has 2 aromatic heterocycles. The van der Waals surface area contributed by atoms with E-state index in [2.05, 4.69) is 9.97 Å². The van der Waals surface area contributed by atoms with Gasteiger partial charge >= 0.3 is 0 Å². The highest BCUT2D eigenvalue weighted by atomic mass is 19.1. The first-order valence-electron chi connectivity index (χ1n) is 10.9. The average molecular weight is 446 g/mol. The first kappa shape index (κ1) is 21.3. The maximum absolute atomic E-state index is 13.3. The van der Waals surface area contributed by atoms with Gasteiger partial charge in [-0.2, -0.15) is 0 Å². The predicted octanol–water partition coefficient (Wildman–Crippen LogP) is 2.99.